The van der Waals surface area contributed by atoms with Gasteiger partial charge in [0.1, 0.15) is 11.6 Å². The molecule has 1 saturated heterocycles. The van der Waals surface area contributed by atoms with Crippen molar-refractivity contribution < 1.29 is 23.5 Å². The Kier molecular flexibility index (Phi) is 6.18. The van der Waals surface area contributed by atoms with Crippen LogP contribution in [-0.2, 0) is 11.3 Å². The van der Waals surface area contributed by atoms with Gasteiger partial charge >= 0.3 is 5.97 Å². The minimum atomic E-state index is -0.602. The molecular formula is C25H18FNO4S. The zero-order valence-electron chi connectivity index (χ0n) is 17.1. The van der Waals surface area contributed by atoms with Crippen molar-refractivity contribution in [3.63, 3.8) is 0 Å². The van der Waals surface area contributed by atoms with Gasteiger partial charge in [-0.3, -0.25) is 14.5 Å². The minimum Gasteiger partial charge on any atom is -0.423 e. The average molecular weight is 447 g/mol. The second kappa shape index (κ2) is 9.20. The number of nitrogens with zero attached hydrogens (tertiary/aromatic N) is 1. The lowest BCUT2D eigenvalue weighted by atomic mass is 10.1. The number of hydrogen-bond donors (Lipinski definition) is 0. The van der Waals surface area contributed by atoms with Crippen LogP contribution in [0.25, 0.3) is 6.08 Å². The van der Waals surface area contributed by atoms with Gasteiger partial charge in [0.25, 0.3) is 11.1 Å². The fourth-order valence-corrected chi connectivity index (χ4v) is 3.89. The zero-order chi connectivity index (χ0) is 22.7. The van der Waals surface area contributed by atoms with E-state index in [9.17, 15) is 18.8 Å². The third kappa shape index (κ3) is 4.95. The Morgan fingerprint density at radius 3 is 2.28 bits per heavy atom. The molecule has 0 saturated carbocycles. The van der Waals surface area contributed by atoms with Crippen molar-refractivity contribution in [1.82, 2.24) is 4.90 Å². The standard InChI is InChI=1S/C25H18FNO4S/c1-16-2-4-18(5-3-16)15-27-23(28)22(32-25(27)30)14-17-6-12-21(13-7-17)31-24(29)19-8-10-20(26)11-9-19/h2-14H,15H2,1H3/b22-14-. The van der Waals surface area contributed by atoms with Gasteiger partial charge in [0.15, 0.2) is 0 Å². The fraction of sp³-hybridized carbons (Fsp3) is 0.0800. The SMILES string of the molecule is Cc1ccc(CN2C(=O)S/C(=C\c3ccc(OC(=O)c4ccc(F)cc4)cc3)C2=O)cc1. The van der Waals surface area contributed by atoms with Crippen molar-refractivity contribution >= 4 is 35.0 Å². The first-order valence-electron chi connectivity index (χ1n) is 9.78. The van der Waals surface area contributed by atoms with E-state index in [1.165, 1.54) is 29.2 Å². The highest BCUT2D eigenvalue weighted by Crippen LogP contribution is 2.33. The van der Waals surface area contributed by atoms with Crippen LogP contribution in [0.5, 0.6) is 5.75 Å². The Bertz CT molecular complexity index is 1200. The molecule has 0 radical (unpaired) electrons. The highest BCUT2D eigenvalue weighted by Gasteiger charge is 2.34. The monoisotopic (exact) mass is 447 g/mol. The van der Waals surface area contributed by atoms with Gasteiger partial charge in [0.2, 0.25) is 0 Å². The summed E-state index contributed by atoms with van der Waals surface area (Å²) in [5, 5.41) is -0.313. The summed E-state index contributed by atoms with van der Waals surface area (Å²) in [7, 11) is 0. The highest BCUT2D eigenvalue weighted by atomic mass is 32.2. The van der Waals surface area contributed by atoms with E-state index in [0.29, 0.717) is 16.2 Å². The number of amides is 2. The van der Waals surface area contributed by atoms with Crippen LogP contribution in [0.1, 0.15) is 27.0 Å². The molecule has 0 bridgehead atoms. The van der Waals surface area contributed by atoms with Crippen molar-refractivity contribution in [2.24, 2.45) is 0 Å². The smallest absolute Gasteiger partial charge is 0.343 e. The van der Waals surface area contributed by atoms with Crippen LogP contribution in [0.15, 0.2) is 77.7 Å². The molecule has 0 N–H and O–H groups in total. The Hall–Kier alpha value is -3.71. The number of benzene rings is 3. The number of carbonyl (C=O) groups is 3. The molecule has 1 aliphatic rings. The number of hydrogen-bond acceptors (Lipinski definition) is 5. The molecular weight excluding hydrogens is 429 g/mol. The second-order valence-corrected chi connectivity index (χ2v) is 8.21. The molecule has 0 unspecified atom stereocenters. The fourth-order valence-electron chi connectivity index (χ4n) is 3.05. The largest absolute Gasteiger partial charge is 0.423 e. The molecule has 32 heavy (non-hydrogen) atoms. The lowest BCUT2D eigenvalue weighted by Crippen LogP contribution is -2.27. The molecule has 0 spiro atoms. The quantitative estimate of drug-likeness (QED) is 0.290. The first-order valence-corrected chi connectivity index (χ1v) is 10.6. The molecule has 1 aliphatic heterocycles. The molecule has 5 nitrogen and oxygen atoms in total. The van der Waals surface area contributed by atoms with Crippen molar-refractivity contribution in [3.8, 4) is 5.75 Å². The molecule has 0 aliphatic carbocycles. The summed E-state index contributed by atoms with van der Waals surface area (Å²) in [4.78, 5) is 38.7. The summed E-state index contributed by atoms with van der Waals surface area (Å²) in [5.41, 5.74) is 2.91. The molecule has 160 valence electrons. The van der Waals surface area contributed by atoms with Crippen molar-refractivity contribution in [3.05, 3.63) is 106 Å². The molecule has 2 amide bonds. The Morgan fingerprint density at radius 1 is 0.969 bits per heavy atom. The summed E-state index contributed by atoms with van der Waals surface area (Å²) in [5.74, 6) is -1.07. The molecule has 3 aromatic rings. The number of imide groups is 1. The van der Waals surface area contributed by atoms with Gasteiger partial charge in [-0.15, -0.1) is 0 Å². The van der Waals surface area contributed by atoms with Crippen LogP contribution in [0.4, 0.5) is 9.18 Å². The summed E-state index contributed by atoms with van der Waals surface area (Å²) in [6.45, 7) is 2.20. The number of ether oxygens (including phenoxy) is 1. The zero-order valence-corrected chi connectivity index (χ0v) is 17.9. The van der Waals surface area contributed by atoms with Gasteiger partial charge in [-0.05, 0) is 72.3 Å². The molecule has 0 atom stereocenters. The number of esters is 1. The maximum absolute atomic E-state index is 13.0. The maximum atomic E-state index is 13.0. The summed E-state index contributed by atoms with van der Waals surface area (Å²) < 4.78 is 18.3. The van der Waals surface area contributed by atoms with Gasteiger partial charge < -0.3 is 4.74 Å². The van der Waals surface area contributed by atoms with E-state index in [1.807, 2.05) is 31.2 Å². The van der Waals surface area contributed by atoms with E-state index in [0.717, 1.165) is 22.9 Å². The number of carbonyl (C=O) groups excluding carboxylic acids is 3. The lowest BCUT2D eigenvalue weighted by molar-refractivity contribution is -0.123. The Labute approximate surface area is 188 Å². The molecule has 0 aromatic heterocycles. The van der Waals surface area contributed by atoms with Crippen molar-refractivity contribution in [2.45, 2.75) is 13.5 Å². The van der Waals surface area contributed by atoms with Crippen LogP contribution in [0, 0.1) is 12.7 Å². The van der Waals surface area contributed by atoms with Crippen LogP contribution < -0.4 is 4.74 Å². The minimum absolute atomic E-state index is 0.223. The number of aryl methyl sites for hydroxylation is 1. The summed E-state index contributed by atoms with van der Waals surface area (Å²) >= 11 is 0.895. The third-order valence-corrected chi connectivity index (χ3v) is 5.71. The number of halogens is 1. The van der Waals surface area contributed by atoms with E-state index in [1.54, 1.807) is 30.3 Å². The molecule has 3 aromatic carbocycles. The first-order chi connectivity index (χ1) is 15.4. The Balaban J connectivity index is 1.42. The highest BCUT2D eigenvalue weighted by molar-refractivity contribution is 8.18. The van der Waals surface area contributed by atoms with Crippen LogP contribution in [0.2, 0.25) is 0 Å². The van der Waals surface area contributed by atoms with E-state index in [2.05, 4.69) is 0 Å². The topological polar surface area (TPSA) is 63.7 Å². The molecule has 4 rings (SSSR count). The molecule has 7 heteroatoms. The predicted molar refractivity (Wildman–Crippen MR) is 120 cm³/mol. The summed E-state index contributed by atoms with van der Waals surface area (Å²) in [6, 6.07) is 19.3. The predicted octanol–water partition coefficient (Wildman–Crippen LogP) is 5.59. The Morgan fingerprint density at radius 2 is 1.62 bits per heavy atom. The van der Waals surface area contributed by atoms with Crippen molar-refractivity contribution in [2.75, 3.05) is 0 Å². The van der Waals surface area contributed by atoms with Gasteiger partial charge in [-0.25, -0.2) is 9.18 Å². The van der Waals surface area contributed by atoms with Gasteiger partial charge in [0.05, 0.1) is 17.0 Å². The van der Waals surface area contributed by atoms with Crippen molar-refractivity contribution in [1.29, 1.82) is 0 Å². The maximum Gasteiger partial charge on any atom is 0.343 e. The molecule has 1 fully saturated rings. The van der Waals surface area contributed by atoms with Crippen LogP contribution in [0.3, 0.4) is 0 Å². The third-order valence-electron chi connectivity index (χ3n) is 4.80. The number of rotatable bonds is 5. The van der Waals surface area contributed by atoms with Gasteiger partial charge in [0, 0.05) is 0 Å². The summed E-state index contributed by atoms with van der Waals surface area (Å²) in [6.07, 6.45) is 1.63. The normalized spacial score (nSPS) is 14.8. The first kappa shape index (κ1) is 21.5. The molecule has 1 heterocycles. The second-order valence-electron chi connectivity index (χ2n) is 7.22. The van der Waals surface area contributed by atoms with Crippen LogP contribution >= 0.6 is 11.8 Å². The van der Waals surface area contributed by atoms with Crippen LogP contribution in [-0.4, -0.2) is 22.0 Å². The lowest BCUT2D eigenvalue weighted by Gasteiger charge is -2.12. The van der Waals surface area contributed by atoms with E-state index >= 15 is 0 Å². The van der Waals surface area contributed by atoms with Gasteiger partial charge in [-0.2, -0.15) is 0 Å². The van der Waals surface area contributed by atoms with E-state index in [-0.39, 0.29) is 23.3 Å². The number of thioether (sulfide) groups is 1. The van der Waals surface area contributed by atoms with E-state index in [4.69, 9.17) is 4.74 Å². The average Bonchev–Trinajstić information content (AvgIpc) is 3.04. The van der Waals surface area contributed by atoms with Gasteiger partial charge in [-0.1, -0.05) is 42.0 Å². The van der Waals surface area contributed by atoms with E-state index < -0.39 is 11.8 Å².